The molecule has 0 bridgehead atoms. The molecule has 0 N–H and O–H groups in total. The Morgan fingerprint density at radius 1 is 0.441 bits per heavy atom. The van der Waals surface area contributed by atoms with Gasteiger partial charge < -0.3 is 0 Å². The molecule has 0 aliphatic carbocycles. The van der Waals surface area contributed by atoms with Crippen molar-refractivity contribution in [3.8, 4) is 0 Å². The molecule has 0 aliphatic rings. The van der Waals surface area contributed by atoms with Gasteiger partial charge in [0.25, 0.3) is 0 Å². The lowest BCUT2D eigenvalue weighted by Crippen LogP contribution is -2.81. The van der Waals surface area contributed by atoms with Crippen LogP contribution >= 0.6 is 0 Å². The molecule has 7 rings (SSSR count). The van der Waals surface area contributed by atoms with Gasteiger partial charge in [-0.25, -0.2) is 87.8 Å². The highest BCUT2D eigenvalue weighted by Crippen LogP contribution is 2.31. The highest BCUT2D eigenvalue weighted by atomic mass is 19.2. The molecule has 0 fully saturated rings. The number of benzene rings is 6. The highest BCUT2D eigenvalue weighted by molar-refractivity contribution is 7.20. The van der Waals surface area contributed by atoms with Crippen molar-refractivity contribution in [2.75, 3.05) is 0 Å². The predicted octanol–water partition coefficient (Wildman–Crippen LogP) is 9.80. The van der Waals surface area contributed by atoms with Gasteiger partial charge in [-0.2, -0.15) is 4.57 Å². The van der Waals surface area contributed by atoms with E-state index in [1.807, 2.05) is 48.8 Å². The summed E-state index contributed by atoms with van der Waals surface area (Å²) < 4.78 is 296. The van der Waals surface area contributed by atoms with E-state index in [0.29, 0.717) is 5.69 Å². The van der Waals surface area contributed by atoms with Gasteiger partial charge in [0.2, 0.25) is 5.69 Å². The van der Waals surface area contributed by atoms with Crippen LogP contribution in [0, 0.1) is 116 Å². The van der Waals surface area contributed by atoms with Gasteiger partial charge in [-0.1, -0.05) is 53.6 Å². The zero-order valence-electron chi connectivity index (χ0n) is 32.7. The number of hydrogen-bond donors (Lipinski definition) is 0. The fraction of sp³-hybridized carbons (Fsp3) is 0.0476. The van der Waals surface area contributed by atoms with Crippen LogP contribution < -0.4 is 26.4 Å². The van der Waals surface area contributed by atoms with E-state index in [0.717, 1.165) is 24.2 Å². The SMILES string of the molecule is Fc1c(F)c(F)c([B-](c2c(F)c(F)c(F)c(F)c2F)(c2c(F)c(F)c(F)c(F)c2F)c2c(F)c(F)c(F)c(F)c2F)c(F)c1F.[N-]=[N+]=Nc1cccc(Cc2cncc[n+]2Cc2ccccc2)c1. The van der Waals surface area contributed by atoms with E-state index >= 15 is 35.1 Å². The Bertz CT molecular complexity index is 2820. The lowest BCUT2D eigenvalue weighted by Gasteiger charge is -2.44. The second-order valence-corrected chi connectivity index (χ2v) is 14.0. The largest absolute Gasteiger partial charge is 0.252 e. The molecule has 1 aromatic heterocycles. The van der Waals surface area contributed by atoms with Crippen LogP contribution in [0.1, 0.15) is 16.8 Å². The number of azide groups is 1. The minimum absolute atomic E-state index is 0.628. The second kappa shape index (κ2) is 19.3. The van der Waals surface area contributed by atoms with Gasteiger partial charge in [0, 0.05) is 16.2 Å². The summed E-state index contributed by atoms with van der Waals surface area (Å²) >= 11 is 0. The number of halogens is 20. The van der Waals surface area contributed by atoms with Crippen molar-refractivity contribution < 1.29 is 92.4 Å². The van der Waals surface area contributed by atoms with Crippen molar-refractivity contribution >= 4 is 33.7 Å². The van der Waals surface area contributed by atoms with Crippen molar-refractivity contribution in [3.05, 3.63) is 217 Å². The predicted molar refractivity (Wildman–Crippen MR) is 197 cm³/mol. The lowest BCUT2D eigenvalue weighted by molar-refractivity contribution is -0.695. The Morgan fingerprint density at radius 2 is 0.779 bits per heavy atom. The first-order valence-corrected chi connectivity index (χ1v) is 18.3. The van der Waals surface area contributed by atoms with Gasteiger partial charge >= 0.3 is 0 Å². The van der Waals surface area contributed by atoms with Gasteiger partial charge in [-0.15, -0.1) is 21.9 Å². The third-order valence-electron chi connectivity index (χ3n) is 10.3. The van der Waals surface area contributed by atoms with E-state index in [-0.39, 0.29) is 0 Å². The van der Waals surface area contributed by atoms with Crippen molar-refractivity contribution in [1.82, 2.24) is 4.98 Å². The summed E-state index contributed by atoms with van der Waals surface area (Å²) in [5, 5.41) is 3.66. The molecule has 0 aliphatic heterocycles. The summed E-state index contributed by atoms with van der Waals surface area (Å²) in [6, 6.07) is 17.9. The molecule has 7 aromatic rings. The quantitative estimate of drug-likeness (QED) is 0.0208. The molecule has 0 spiro atoms. The van der Waals surface area contributed by atoms with E-state index in [1.165, 1.54) is 5.56 Å². The van der Waals surface area contributed by atoms with Crippen molar-refractivity contribution in [1.29, 1.82) is 0 Å². The van der Waals surface area contributed by atoms with Crippen LogP contribution in [0.2, 0.25) is 0 Å². The molecule has 0 saturated heterocycles. The molecular formula is C42H16BF20N5. The topological polar surface area (TPSA) is 65.5 Å². The molecule has 0 amide bonds. The first kappa shape index (κ1) is 49.8. The normalized spacial score (nSPS) is 11.4. The van der Waals surface area contributed by atoms with E-state index in [9.17, 15) is 52.7 Å². The van der Waals surface area contributed by atoms with E-state index in [2.05, 4.69) is 31.7 Å². The second-order valence-electron chi connectivity index (χ2n) is 14.0. The number of nitrogens with zero attached hydrogens (tertiary/aromatic N) is 5. The molecule has 0 radical (unpaired) electrons. The third-order valence-corrected chi connectivity index (χ3v) is 10.3. The lowest BCUT2D eigenvalue weighted by atomic mass is 9.12. The Balaban J connectivity index is 0.000000276. The summed E-state index contributed by atoms with van der Waals surface area (Å²) in [7, 11) is 0. The van der Waals surface area contributed by atoms with E-state index in [1.54, 1.807) is 12.3 Å². The molecule has 352 valence electrons. The average molecular weight is 981 g/mol. The molecule has 6 aromatic carbocycles. The standard InChI is InChI=1S/C24BF20.C18H16N5/c26-5-1(6(27)14(35)21(42)13(5)34)25(2-7(28)15(36)22(43)16(37)8(2)29,3-9(30)17(38)23(44)18(39)10(3)31)4-11(32)19(40)24(45)20(41)12(4)33;19-22-21-17-8-4-7-16(11-17)12-18-13-20-9-10-23(18)14-15-5-2-1-3-6-15/h;1-11,13H,12,14H2/q-1;+1. The van der Waals surface area contributed by atoms with Crippen LogP contribution in [-0.4, -0.2) is 11.1 Å². The molecule has 1 heterocycles. The molecule has 26 heteroatoms. The molecular weight excluding hydrogens is 965 g/mol. The van der Waals surface area contributed by atoms with Crippen LogP contribution in [0.3, 0.4) is 0 Å². The van der Waals surface area contributed by atoms with Gasteiger partial charge in [-0.05, 0) is 17.2 Å². The third kappa shape index (κ3) is 8.28. The maximum atomic E-state index is 15.4. The summed E-state index contributed by atoms with van der Waals surface area (Å²) in [4.78, 5) is 7.07. The zero-order valence-corrected chi connectivity index (χ0v) is 32.7. The monoisotopic (exact) mass is 981 g/mol. The molecule has 0 atom stereocenters. The summed E-state index contributed by atoms with van der Waals surface area (Å²) in [5.74, 6) is -71.4. The van der Waals surface area contributed by atoms with E-state index in [4.69, 9.17) is 5.53 Å². The van der Waals surface area contributed by atoms with Crippen LogP contribution in [0.5, 0.6) is 0 Å². The maximum Gasteiger partial charge on any atom is 0.204 e. The van der Waals surface area contributed by atoms with Crippen molar-refractivity contribution in [2.24, 2.45) is 5.11 Å². The molecule has 0 saturated carbocycles. The summed E-state index contributed by atoms with van der Waals surface area (Å²) in [5.41, 5.74) is -1.71. The fourth-order valence-corrected chi connectivity index (χ4v) is 7.36. The Labute approximate surface area is 365 Å². The number of rotatable bonds is 9. The van der Waals surface area contributed by atoms with Gasteiger partial charge in [0.1, 0.15) is 52.7 Å². The van der Waals surface area contributed by atoms with Gasteiger partial charge in [0.15, 0.2) is 82.5 Å². The minimum atomic E-state index is -7.22. The first-order valence-electron chi connectivity index (χ1n) is 18.3. The molecule has 5 nitrogen and oxygen atoms in total. The summed E-state index contributed by atoms with van der Waals surface area (Å²) in [6.07, 6.45) is -0.827. The van der Waals surface area contributed by atoms with Crippen LogP contribution in [0.4, 0.5) is 93.5 Å². The van der Waals surface area contributed by atoms with Crippen LogP contribution in [-0.2, 0) is 13.0 Å². The first-order chi connectivity index (χ1) is 32.0. The zero-order chi connectivity index (χ0) is 50.3. The van der Waals surface area contributed by atoms with Crippen LogP contribution in [0.15, 0.2) is 78.3 Å². The van der Waals surface area contributed by atoms with E-state index < -0.39 is 144 Å². The highest BCUT2D eigenvalue weighted by Gasteiger charge is 2.52. The van der Waals surface area contributed by atoms with Crippen LogP contribution in [0.25, 0.3) is 10.4 Å². The molecule has 68 heavy (non-hydrogen) atoms. The smallest absolute Gasteiger partial charge is 0.204 e. The Kier molecular flexibility index (Phi) is 14.1. The van der Waals surface area contributed by atoms with Crippen molar-refractivity contribution in [3.63, 3.8) is 0 Å². The Morgan fingerprint density at radius 3 is 1.13 bits per heavy atom. The Hall–Kier alpha value is -7.63. The van der Waals surface area contributed by atoms with Gasteiger partial charge in [0.05, 0.1) is 18.8 Å². The molecule has 0 unspecified atom stereocenters. The average Bonchev–Trinajstić information content (AvgIpc) is 3.32. The number of hydrogen-bond acceptors (Lipinski definition) is 2. The minimum Gasteiger partial charge on any atom is -0.252 e. The van der Waals surface area contributed by atoms with Crippen molar-refractivity contribution in [2.45, 2.75) is 13.0 Å². The van der Waals surface area contributed by atoms with Gasteiger partial charge in [-0.3, -0.25) is 4.98 Å². The fourth-order valence-electron chi connectivity index (χ4n) is 7.36. The number of aromatic nitrogens is 2. The summed E-state index contributed by atoms with van der Waals surface area (Å²) in [6.45, 7) is 0.800. The maximum absolute atomic E-state index is 15.4.